The van der Waals surface area contributed by atoms with Gasteiger partial charge in [0, 0.05) is 10.7 Å². The summed E-state index contributed by atoms with van der Waals surface area (Å²) in [5.41, 5.74) is 0. The fourth-order valence-electron chi connectivity index (χ4n) is 0.898. The Morgan fingerprint density at radius 1 is 1.42 bits per heavy atom. The summed E-state index contributed by atoms with van der Waals surface area (Å²) in [5.74, 6) is -0.0272. The maximum Gasteiger partial charge on any atom is 0.232 e. The third-order valence-electron chi connectivity index (χ3n) is 1.40. The molecule has 0 amide bonds. The van der Waals surface area contributed by atoms with E-state index < -0.39 is 15.2 Å². The van der Waals surface area contributed by atoms with Gasteiger partial charge in [0.2, 0.25) is 9.05 Å². The Hall–Kier alpha value is 0.170. The van der Waals surface area contributed by atoms with Crippen LogP contribution in [0.25, 0.3) is 0 Å². The highest BCUT2D eigenvalue weighted by Crippen LogP contribution is 2.13. The summed E-state index contributed by atoms with van der Waals surface area (Å²) >= 11 is 0. The second kappa shape index (κ2) is 5.02. The van der Waals surface area contributed by atoms with Crippen molar-refractivity contribution in [2.75, 3.05) is 5.75 Å². The summed E-state index contributed by atoms with van der Waals surface area (Å²) in [4.78, 5) is 0. The van der Waals surface area contributed by atoms with Crippen LogP contribution in [0, 0.1) is 5.92 Å². The van der Waals surface area contributed by atoms with E-state index in [1.54, 1.807) is 0 Å². The summed E-state index contributed by atoms with van der Waals surface area (Å²) in [5, 5.41) is 0. The Morgan fingerprint density at radius 3 is 2.25 bits per heavy atom. The van der Waals surface area contributed by atoms with Gasteiger partial charge in [-0.2, -0.15) is 0 Å². The second-order valence-electron chi connectivity index (χ2n) is 3.26. The van der Waals surface area contributed by atoms with E-state index >= 15 is 0 Å². The highest BCUT2D eigenvalue weighted by atomic mass is 35.7. The molecule has 0 N–H and O–H groups in total. The molecule has 0 aliphatic heterocycles. The fraction of sp³-hybridized carbons (Fsp3) is 1.00. The molecule has 0 rings (SSSR count). The van der Waals surface area contributed by atoms with E-state index in [0.717, 1.165) is 0 Å². The van der Waals surface area contributed by atoms with Crippen molar-refractivity contribution in [3.63, 3.8) is 0 Å². The van der Waals surface area contributed by atoms with E-state index in [-0.39, 0.29) is 18.1 Å². The summed E-state index contributed by atoms with van der Waals surface area (Å²) in [6.07, 6.45) is -0.658. The summed E-state index contributed by atoms with van der Waals surface area (Å²) in [7, 11) is 1.40. The van der Waals surface area contributed by atoms with Crippen LogP contribution in [-0.4, -0.2) is 20.3 Å². The Morgan fingerprint density at radius 2 is 1.92 bits per heavy atom. The van der Waals surface area contributed by atoms with Crippen molar-refractivity contribution in [3.05, 3.63) is 0 Å². The molecule has 12 heavy (non-hydrogen) atoms. The van der Waals surface area contributed by atoms with Crippen molar-refractivity contribution in [3.8, 4) is 0 Å². The molecule has 0 spiro atoms. The van der Waals surface area contributed by atoms with E-state index in [1.807, 2.05) is 13.8 Å². The third kappa shape index (κ3) is 8.27. The maximum absolute atomic E-state index is 12.9. The van der Waals surface area contributed by atoms with Crippen LogP contribution < -0.4 is 0 Å². The van der Waals surface area contributed by atoms with Crippen LogP contribution in [0.3, 0.4) is 0 Å². The van der Waals surface area contributed by atoms with Crippen LogP contribution >= 0.6 is 10.7 Å². The summed E-state index contributed by atoms with van der Waals surface area (Å²) in [6.45, 7) is 3.78. The van der Waals surface area contributed by atoms with Gasteiger partial charge in [0.1, 0.15) is 6.17 Å². The smallest absolute Gasteiger partial charge is 0.232 e. The molecule has 0 aromatic rings. The van der Waals surface area contributed by atoms with E-state index in [1.165, 1.54) is 0 Å². The molecule has 5 heteroatoms. The van der Waals surface area contributed by atoms with Crippen LogP contribution in [0.15, 0.2) is 0 Å². The predicted molar refractivity (Wildman–Crippen MR) is 48.6 cm³/mol. The molecule has 0 fully saturated rings. The number of halogens is 2. The lowest BCUT2D eigenvalue weighted by Gasteiger charge is -2.08. The first-order chi connectivity index (χ1) is 5.31. The Bertz CT molecular complexity index is 213. The Balaban J connectivity index is 3.65. The molecule has 0 aromatic carbocycles. The van der Waals surface area contributed by atoms with Gasteiger partial charge in [-0.15, -0.1) is 0 Å². The number of alkyl halides is 1. The Labute approximate surface area is 77.5 Å². The second-order valence-corrected chi connectivity index (χ2v) is 6.15. The molecule has 0 aliphatic rings. The molecule has 2 nitrogen and oxygen atoms in total. The minimum Gasteiger partial charge on any atom is -0.247 e. The quantitative estimate of drug-likeness (QED) is 0.661. The molecule has 0 saturated heterocycles. The zero-order valence-electron chi connectivity index (χ0n) is 7.26. The van der Waals surface area contributed by atoms with Crippen LogP contribution in [0.5, 0.6) is 0 Å². The molecule has 0 radical (unpaired) electrons. The van der Waals surface area contributed by atoms with E-state index in [4.69, 9.17) is 10.7 Å². The zero-order chi connectivity index (χ0) is 9.78. The SMILES string of the molecule is CC(C)CC(F)CCS(=O)(=O)Cl. The minimum atomic E-state index is -3.52. The molecule has 0 bridgehead atoms. The van der Waals surface area contributed by atoms with E-state index in [2.05, 4.69) is 0 Å². The molecule has 1 unspecified atom stereocenters. The van der Waals surface area contributed by atoms with Gasteiger partial charge >= 0.3 is 0 Å². The van der Waals surface area contributed by atoms with Gasteiger partial charge in [0.25, 0.3) is 0 Å². The first-order valence-electron chi connectivity index (χ1n) is 3.87. The number of hydrogen-bond donors (Lipinski definition) is 0. The van der Waals surface area contributed by atoms with Crippen molar-refractivity contribution < 1.29 is 12.8 Å². The number of rotatable bonds is 5. The van der Waals surface area contributed by atoms with Crippen molar-refractivity contribution in [1.29, 1.82) is 0 Å². The van der Waals surface area contributed by atoms with Crippen molar-refractivity contribution in [1.82, 2.24) is 0 Å². The van der Waals surface area contributed by atoms with Gasteiger partial charge in [-0.05, 0) is 18.8 Å². The zero-order valence-corrected chi connectivity index (χ0v) is 8.83. The van der Waals surface area contributed by atoms with Crippen LogP contribution in [0.1, 0.15) is 26.7 Å². The topological polar surface area (TPSA) is 34.1 Å². The van der Waals surface area contributed by atoms with Crippen LogP contribution in [0.2, 0.25) is 0 Å². The molecule has 0 heterocycles. The van der Waals surface area contributed by atoms with Gasteiger partial charge in [-0.1, -0.05) is 13.8 Å². The summed E-state index contributed by atoms with van der Waals surface area (Å²) < 4.78 is 33.7. The lowest BCUT2D eigenvalue weighted by atomic mass is 10.1. The van der Waals surface area contributed by atoms with Crippen molar-refractivity contribution in [2.24, 2.45) is 5.92 Å². The van der Waals surface area contributed by atoms with Crippen LogP contribution in [-0.2, 0) is 9.05 Å². The Kier molecular flexibility index (Phi) is 5.09. The lowest BCUT2D eigenvalue weighted by molar-refractivity contribution is 0.276. The van der Waals surface area contributed by atoms with Gasteiger partial charge in [0.15, 0.2) is 0 Å². The lowest BCUT2D eigenvalue weighted by Crippen LogP contribution is -2.10. The molecular formula is C7H14ClFO2S. The molecule has 74 valence electrons. The maximum atomic E-state index is 12.9. The van der Waals surface area contributed by atoms with Gasteiger partial charge < -0.3 is 0 Å². The first-order valence-corrected chi connectivity index (χ1v) is 6.35. The number of hydrogen-bond acceptors (Lipinski definition) is 2. The van der Waals surface area contributed by atoms with Crippen LogP contribution in [0.4, 0.5) is 4.39 Å². The van der Waals surface area contributed by atoms with E-state index in [0.29, 0.717) is 6.42 Å². The van der Waals surface area contributed by atoms with Crippen molar-refractivity contribution in [2.45, 2.75) is 32.9 Å². The highest BCUT2D eigenvalue weighted by molar-refractivity contribution is 8.13. The largest absolute Gasteiger partial charge is 0.247 e. The van der Waals surface area contributed by atoms with Gasteiger partial charge in [0.05, 0.1) is 5.75 Å². The third-order valence-corrected chi connectivity index (χ3v) is 2.59. The standard InChI is InChI=1S/C7H14ClFO2S/c1-6(2)5-7(9)3-4-12(8,10)11/h6-7H,3-5H2,1-2H3. The van der Waals surface area contributed by atoms with E-state index in [9.17, 15) is 12.8 Å². The predicted octanol–water partition coefficient (Wildman–Crippen LogP) is 2.33. The average Bonchev–Trinajstić information content (AvgIpc) is 1.80. The molecule has 0 aliphatic carbocycles. The van der Waals surface area contributed by atoms with Gasteiger partial charge in [-0.25, -0.2) is 12.8 Å². The van der Waals surface area contributed by atoms with Crippen molar-refractivity contribution >= 4 is 19.7 Å². The molecular weight excluding hydrogens is 203 g/mol. The monoisotopic (exact) mass is 216 g/mol. The average molecular weight is 217 g/mol. The van der Waals surface area contributed by atoms with Gasteiger partial charge in [-0.3, -0.25) is 0 Å². The minimum absolute atomic E-state index is 0.00398. The fourth-order valence-corrected chi connectivity index (χ4v) is 1.70. The highest BCUT2D eigenvalue weighted by Gasteiger charge is 2.13. The molecule has 0 aromatic heterocycles. The molecule has 1 atom stereocenters. The first kappa shape index (κ1) is 12.2. The summed E-state index contributed by atoms with van der Waals surface area (Å²) in [6, 6.07) is 0. The molecule has 0 saturated carbocycles. The normalized spacial score (nSPS) is 15.1.